The normalized spacial score (nSPS) is 23.1. The quantitative estimate of drug-likeness (QED) is 0.826. The Bertz CT molecular complexity index is 409. The van der Waals surface area contributed by atoms with Crippen molar-refractivity contribution < 1.29 is 4.74 Å². The van der Waals surface area contributed by atoms with Crippen LogP contribution in [0.15, 0.2) is 18.2 Å². The predicted molar refractivity (Wildman–Crippen MR) is 64.5 cm³/mol. The highest BCUT2D eigenvalue weighted by Gasteiger charge is 2.44. The van der Waals surface area contributed by atoms with Gasteiger partial charge in [0.05, 0.1) is 6.61 Å². The monoisotopic (exact) mass is 217 g/mol. The van der Waals surface area contributed by atoms with Gasteiger partial charge in [0.25, 0.3) is 0 Å². The smallest absolute Gasteiger partial charge is 0.127 e. The van der Waals surface area contributed by atoms with E-state index in [1.807, 2.05) is 0 Å². The minimum Gasteiger partial charge on any atom is -0.493 e. The summed E-state index contributed by atoms with van der Waals surface area (Å²) in [5.74, 6) is 1.08. The molecule has 86 valence electrons. The SMILES string of the molecule is CC1(C(N)c2cccc3c2OCCC3)CC1. The summed E-state index contributed by atoms with van der Waals surface area (Å²) in [6.45, 7) is 3.12. The summed E-state index contributed by atoms with van der Waals surface area (Å²) in [6, 6.07) is 6.56. The van der Waals surface area contributed by atoms with Crippen LogP contribution in [-0.2, 0) is 6.42 Å². The van der Waals surface area contributed by atoms with Crippen LogP contribution in [0.2, 0.25) is 0 Å². The van der Waals surface area contributed by atoms with Gasteiger partial charge in [-0.25, -0.2) is 0 Å². The largest absolute Gasteiger partial charge is 0.493 e. The van der Waals surface area contributed by atoms with Gasteiger partial charge in [-0.3, -0.25) is 0 Å². The Hall–Kier alpha value is -1.02. The molecule has 0 saturated heterocycles. The van der Waals surface area contributed by atoms with Crippen LogP contribution in [0.4, 0.5) is 0 Å². The summed E-state index contributed by atoms with van der Waals surface area (Å²) in [6.07, 6.45) is 4.76. The van der Waals surface area contributed by atoms with E-state index in [0.29, 0.717) is 5.41 Å². The topological polar surface area (TPSA) is 35.2 Å². The van der Waals surface area contributed by atoms with Crippen molar-refractivity contribution in [3.63, 3.8) is 0 Å². The van der Waals surface area contributed by atoms with Gasteiger partial charge in [0, 0.05) is 11.6 Å². The van der Waals surface area contributed by atoms with Crippen molar-refractivity contribution in [2.75, 3.05) is 6.61 Å². The van der Waals surface area contributed by atoms with E-state index < -0.39 is 0 Å². The van der Waals surface area contributed by atoms with Crippen LogP contribution >= 0.6 is 0 Å². The average Bonchev–Trinajstić information content (AvgIpc) is 3.07. The van der Waals surface area contributed by atoms with E-state index in [0.717, 1.165) is 25.2 Å². The zero-order valence-corrected chi connectivity index (χ0v) is 9.83. The maximum atomic E-state index is 6.38. The molecule has 1 unspecified atom stereocenters. The Labute approximate surface area is 96.8 Å². The first-order chi connectivity index (χ1) is 7.71. The van der Waals surface area contributed by atoms with Crippen molar-refractivity contribution in [2.24, 2.45) is 11.1 Å². The van der Waals surface area contributed by atoms with Crippen molar-refractivity contribution in [3.05, 3.63) is 29.3 Å². The second-order valence-electron chi connectivity index (χ2n) is 5.42. The van der Waals surface area contributed by atoms with Gasteiger partial charge in [-0.05, 0) is 36.7 Å². The Morgan fingerprint density at radius 2 is 2.19 bits per heavy atom. The highest BCUT2D eigenvalue weighted by atomic mass is 16.5. The molecule has 0 bridgehead atoms. The van der Waals surface area contributed by atoms with Crippen LogP contribution < -0.4 is 10.5 Å². The molecule has 3 rings (SSSR count). The second-order valence-corrected chi connectivity index (χ2v) is 5.42. The number of benzene rings is 1. The molecule has 0 amide bonds. The Morgan fingerprint density at radius 1 is 1.38 bits per heavy atom. The third-order valence-electron chi connectivity index (χ3n) is 4.09. The van der Waals surface area contributed by atoms with Gasteiger partial charge in [-0.15, -0.1) is 0 Å². The molecule has 1 aromatic carbocycles. The number of rotatable bonds is 2. The fourth-order valence-electron chi connectivity index (χ4n) is 2.54. The second kappa shape index (κ2) is 3.49. The standard InChI is InChI=1S/C14H19NO/c1-14(7-8-14)13(15)11-6-2-4-10-5-3-9-16-12(10)11/h2,4,6,13H,3,5,7-9,15H2,1H3. The first-order valence-corrected chi connectivity index (χ1v) is 6.21. The van der Waals surface area contributed by atoms with Gasteiger partial charge < -0.3 is 10.5 Å². The lowest BCUT2D eigenvalue weighted by Crippen LogP contribution is -2.22. The summed E-state index contributed by atoms with van der Waals surface area (Å²) < 4.78 is 5.82. The first kappa shape index (κ1) is 10.2. The number of ether oxygens (including phenoxy) is 1. The number of aryl methyl sites for hydroxylation is 1. The summed E-state index contributed by atoms with van der Waals surface area (Å²) in [7, 11) is 0. The fourth-order valence-corrected chi connectivity index (χ4v) is 2.54. The molecule has 0 radical (unpaired) electrons. The molecule has 2 aliphatic rings. The lowest BCUT2D eigenvalue weighted by atomic mass is 9.89. The van der Waals surface area contributed by atoms with E-state index >= 15 is 0 Å². The van der Waals surface area contributed by atoms with Crippen LogP contribution in [0, 0.1) is 5.41 Å². The minimum atomic E-state index is 0.139. The van der Waals surface area contributed by atoms with Crippen LogP contribution in [0.25, 0.3) is 0 Å². The van der Waals surface area contributed by atoms with Crippen molar-refractivity contribution in [2.45, 2.75) is 38.6 Å². The molecule has 2 nitrogen and oxygen atoms in total. The number of para-hydroxylation sites is 1. The number of nitrogens with two attached hydrogens (primary N) is 1. The molecule has 2 heteroatoms. The number of fused-ring (bicyclic) bond motifs is 1. The molecule has 0 spiro atoms. The van der Waals surface area contributed by atoms with Crippen molar-refractivity contribution >= 4 is 0 Å². The zero-order valence-electron chi connectivity index (χ0n) is 9.83. The highest BCUT2D eigenvalue weighted by molar-refractivity contribution is 5.45. The minimum absolute atomic E-state index is 0.139. The van der Waals surface area contributed by atoms with Gasteiger partial charge in [0.1, 0.15) is 5.75 Å². The molecular weight excluding hydrogens is 198 g/mol. The molecule has 1 aliphatic heterocycles. The van der Waals surface area contributed by atoms with Crippen molar-refractivity contribution in [1.29, 1.82) is 0 Å². The molecule has 1 aliphatic carbocycles. The Morgan fingerprint density at radius 3 is 2.94 bits per heavy atom. The zero-order chi connectivity index (χ0) is 11.2. The third kappa shape index (κ3) is 1.52. The van der Waals surface area contributed by atoms with Gasteiger partial charge >= 0.3 is 0 Å². The molecule has 1 aromatic rings. The maximum absolute atomic E-state index is 6.38. The summed E-state index contributed by atoms with van der Waals surface area (Å²) in [5, 5.41) is 0. The molecule has 16 heavy (non-hydrogen) atoms. The summed E-state index contributed by atoms with van der Waals surface area (Å²) >= 11 is 0. The summed E-state index contributed by atoms with van der Waals surface area (Å²) in [4.78, 5) is 0. The van der Waals surface area contributed by atoms with Crippen LogP contribution in [0.1, 0.15) is 43.4 Å². The predicted octanol–water partition coefficient (Wildman–Crippen LogP) is 2.81. The summed E-state index contributed by atoms with van der Waals surface area (Å²) in [5.41, 5.74) is 9.25. The first-order valence-electron chi connectivity index (χ1n) is 6.21. The van der Waals surface area contributed by atoms with Crippen LogP contribution in [0.5, 0.6) is 5.75 Å². The molecule has 2 N–H and O–H groups in total. The maximum Gasteiger partial charge on any atom is 0.127 e. The van der Waals surface area contributed by atoms with E-state index in [1.165, 1.54) is 24.0 Å². The molecule has 1 fully saturated rings. The molecule has 1 saturated carbocycles. The fraction of sp³-hybridized carbons (Fsp3) is 0.571. The Balaban J connectivity index is 2.00. The Kier molecular flexibility index (Phi) is 2.21. The van der Waals surface area contributed by atoms with Crippen molar-refractivity contribution in [1.82, 2.24) is 0 Å². The lowest BCUT2D eigenvalue weighted by molar-refractivity contribution is 0.279. The van der Waals surface area contributed by atoms with E-state index in [2.05, 4.69) is 25.1 Å². The van der Waals surface area contributed by atoms with E-state index in [1.54, 1.807) is 0 Å². The van der Waals surface area contributed by atoms with Crippen LogP contribution in [-0.4, -0.2) is 6.61 Å². The molecule has 1 heterocycles. The van der Waals surface area contributed by atoms with E-state index in [9.17, 15) is 0 Å². The van der Waals surface area contributed by atoms with Crippen LogP contribution in [0.3, 0.4) is 0 Å². The van der Waals surface area contributed by atoms with Gasteiger partial charge in [0.2, 0.25) is 0 Å². The molecular formula is C14H19NO. The van der Waals surface area contributed by atoms with Gasteiger partial charge in [-0.2, -0.15) is 0 Å². The molecule has 1 atom stereocenters. The van der Waals surface area contributed by atoms with E-state index in [-0.39, 0.29) is 6.04 Å². The van der Waals surface area contributed by atoms with Gasteiger partial charge in [-0.1, -0.05) is 25.1 Å². The van der Waals surface area contributed by atoms with Gasteiger partial charge in [0.15, 0.2) is 0 Å². The third-order valence-corrected chi connectivity index (χ3v) is 4.09. The molecule has 0 aromatic heterocycles. The highest BCUT2D eigenvalue weighted by Crippen LogP contribution is 2.55. The lowest BCUT2D eigenvalue weighted by Gasteiger charge is -2.26. The number of hydrogen-bond donors (Lipinski definition) is 1. The van der Waals surface area contributed by atoms with E-state index in [4.69, 9.17) is 10.5 Å². The van der Waals surface area contributed by atoms with Crippen molar-refractivity contribution in [3.8, 4) is 5.75 Å². The number of hydrogen-bond acceptors (Lipinski definition) is 2. The average molecular weight is 217 g/mol.